The lowest BCUT2D eigenvalue weighted by atomic mass is 10.2. The summed E-state index contributed by atoms with van der Waals surface area (Å²) in [4.78, 5) is 5.69. The van der Waals surface area contributed by atoms with Crippen molar-refractivity contribution in [2.24, 2.45) is 0 Å². The molecule has 1 aliphatic rings. The van der Waals surface area contributed by atoms with Crippen molar-refractivity contribution in [2.45, 2.75) is 11.3 Å². The molecule has 8 heteroatoms. The van der Waals surface area contributed by atoms with Crippen LogP contribution in [0.3, 0.4) is 0 Å². The van der Waals surface area contributed by atoms with Gasteiger partial charge in [0.1, 0.15) is 5.69 Å². The first kappa shape index (κ1) is 19.8. The summed E-state index contributed by atoms with van der Waals surface area (Å²) in [6, 6.07) is 20.8. The number of nitrogens with zero attached hydrogens (tertiary/aromatic N) is 3. The second kappa shape index (κ2) is 7.82. The van der Waals surface area contributed by atoms with E-state index in [1.54, 1.807) is 12.1 Å². The first-order valence-electron chi connectivity index (χ1n) is 9.26. The molecular weight excluding hydrogens is 461 g/mol. The van der Waals surface area contributed by atoms with Crippen molar-refractivity contribution in [1.29, 1.82) is 0 Å². The largest absolute Gasteiger partial charge is 0.357 e. The zero-order valence-electron chi connectivity index (χ0n) is 15.6. The number of aryl methyl sites for hydroxylation is 1. The van der Waals surface area contributed by atoms with Gasteiger partial charge in [0.2, 0.25) is 0 Å². The summed E-state index contributed by atoms with van der Waals surface area (Å²) < 4.78 is 16.7. The molecule has 0 aliphatic carbocycles. The highest BCUT2D eigenvalue weighted by molar-refractivity contribution is 7.85. The lowest BCUT2D eigenvalue weighted by molar-refractivity contribution is -0.665. The maximum Gasteiger partial charge on any atom is 0.357 e. The van der Waals surface area contributed by atoms with E-state index in [2.05, 4.69) is 0 Å². The van der Waals surface area contributed by atoms with E-state index < -0.39 is 10.8 Å². The third-order valence-corrected chi connectivity index (χ3v) is 7.16. The molecule has 30 heavy (non-hydrogen) atoms. The van der Waals surface area contributed by atoms with Gasteiger partial charge < -0.3 is 0 Å². The summed E-state index contributed by atoms with van der Waals surface area (Å²) in [6.45, 7) is 0. The van der Waals surface area contributed by atoms with Gasteiger partial charge in [-0.15, -0.1) is 9.36 Å². The van der Waals surface area contributed by atoms with Crippen LogP contribution in [-0.2, 0) is 17.2 Å². The van der Waals surface area contributed by atoms with Gasteiger partial charge in [-0.1, -0.05) is 65.1 Å². The molecule has 0 saturated carbocycles. The number of hydrogen-bond acceptors (Lipinski definition) is 2. The summed E-state index contributed by atoms with van der Waals surface area (Å²) in [5.74, 6) is 1.97. The molecule has 0 bridgehead atoms. The zero-order chi connectivity index (χ0) is 20.8. The average Bonchev–Trinajstić information content (AvgIpc) is 3.04. The Morgan fingerprint density at radius 1 is 0.933 bits per heavy atom. The van der Waals surface area contributed by atoms with E-state index in [4.69, 9.17) is 39.8 Å². The molecule has 0 spiro atoms. The van der Waals surface area contributed by atoms with E-state index in [9.17, 15) is 4.21 Å². The number of halogens is 3. The van der Waals surface area contributed by atoms with E-state index in [-0.39, 0.29) is 0 Å². The summed E-state index contributed by atoms with van der Waals surface area (Å²) in [6.07, 6.45) is 0.553. The normalized spacial score (nSPS) is 15.4. The van der Waals surface area contributed by atoms with Gasteiger partial charge in [0, 0.05) is 17.2 Å². The van der Waals surface area contributed by atoms with Gasteiger partial charge in [0.05, 0.1) is 31.3 Å². The molecule has 4 nitrogen and oxygen atoms in total. The van der Waals surface area contributed by atoms with Crippen LogP contribution >= 0.6 is 34.8 Å². The van der Waals surface area contributed by atoms with Crippen molar-refractivity contribution in [2.75, 3.05) is 5.75 Å². The second-order valence-corrected chi connectivity index (χ2v) is 9.62. The molecule has 3 aromatic carbocycles. The molecule has 150 valence electrons. The first-order valence-corrected chi connectivity index (χ1v) is 11.7. The maximum absolute atomic E-state index is 12.8. The molecule has 5 rings (SSSR count). The number of rotatable bonds is 2. The minimum atomic E-state index is -1.13. The summed E-state index contributed by atoms with van der Waals surface area (Å²) in [7, 11) is -1.13. The third kappa shape index (κ3) is 3.26. The number of hydrogen-bond donors (Lipinski definition) is 0. The summed E-state index contributed by atoms with van der Waals surface area (Å²) in [5, 5.41) is 1.26. The van der Waals surface area contributed by atoms with Crippen molar-refractivity contribution < 1.29 is 8.89 Å². The number of para-hydroxylation sites is 1. The fourth-order valence-corrected chi connectivity index (χ4v) is 5.85. The van der Waals surface area contributed by atoms with Gasteiger partial charge in [0.25, 0.3) is 5.82 Å². The Balaban J connectivity index is 1.92. The molecule has 4 aromatic rings. The van der Waals surface area contributed by atoms with E-state index in [0.29, 0.717) is 38.8 Å². The predicted octanol–water partition coefficient (Wildman–Crippen LogP) is 5.44. The van der Waals surface area contributed by atoms with Crippen LogP contribution in [0.25, 0.3) is 22.8 Å². The SMILES string of the molecule is O=S1CCc2nc(-c3ccccc3)[n+](-c3c(Cl)cc(Cl)cc3Cl)n2-c2ccccc21. The summed E-state index contributed by atoms with van der Waals surface area (Å²) >= 11 is 19.4. The van der Waals surface area contributed by atoms with Crippen LogP contribution in [0.2, 0.25) is 15.1 Å². The van der Waals surface area contributed by atoms with Crippen LogP contribution in [0.1, 0.15) is 5.82 Å². The highest BCUT2D eigenvalue weighted by atomic mass is 35.5. The van der Waals surface area contributed by atoms with Crippen molar-refractivity contribution in [3.63, 3.8) is 0 Å². The first-order chi connectivity index (χ1) is 14.5. The molecule has 0 amide bonds. The number of fused-ring (bicyclic) bond motifs is 3. The van der Waals surface area contributed by atoms with Gasteiger partial charge in [-0.05, 0) is 41.4 Å². The highest BCUT2D eigenvalue weighted by Gasteiger charge is 2.35. The molecule has 1 aromatic heterocycles. The smallest absolute Gasteiger partial charge is 0.254 e. The molecule has 2 heterocycles. The molecule has 1 aliphatic heterocycles. The average molecular weight is 476 g/mol. The van der Waals surface area contributed by atoms with E-state index >= 15 is 0 Å². The maximum atomic E-state index is 12.8. The number of benzene rings is 3. The lowest BCUT2D eigenvalue weighted by Crippen LogP contribution is -2.43. The zero-order valence-corrected chi connectivity index (χ0v) is 18.6. The minimum absolute atomic E-state index is 0.403. The Morgan fingerprint density at radius 2 is 1.60 bits per heavy atom. The van der Waals surface area contributed by atoms with Gasteiger partial charge in [-0.25, -0.2) is 0 Å². The van der Waals surface area contributed by atoms with Crippen molar-refractivity contribution in [1.82, 2.24) is 9.67 Å². The fourth-order valence-electron chi connectivity index (χ4n) is 3.67. The molecule has 0 radical (unpaired) electrons. The molecule has 0 saturated heterocycles. The lowest BCUT2D eigenvalue weighted by Gasteiger charge is -2.12. The predicted molar refractivity (Wildman–Crippen MR) is 121 cm³/mol. The van der Waals surface area contributed by atoms with E-state index in [0.717, 1.165) is 22.0 Å². The van der Waals surface area contributed by atoms with E-state index in [1.165, 1.54) is 0 Å². The van der Waals surface area contributed by atoms with Gasteiger partial charge in [-0.3, -0.25) is 4.21 Å². The van der Waals surface area contributed by atoms with Gasteiger partial charge in [-0.2, -0.15) is 0 Å². The Morgan fingerprint density at radius 3 is 2.33 bits per heavy atom. The minimum Gasteiger partial charge on any atom is -0.254 e. The monoisotopic (exact) mass is 474 g/mol. The number of aromatic nitrogens is 3. The molecule has 0 N–H and O–H groups in total. The van der Waals surface area contributed by atoms with Crippen LogP contribution < -0.4 is 4.68 Å². The van der Waals surface area contributed by atoms with Crippen molar-refractivity contribution >= 4 is 45.6 Å². The van der Waals surface area contributed by atoms with Crippen LogP contribution in [0.4, 0.5) is 0 Å². The van der Waals surface area contributed by atoms with Crippen LogP contribution in [0, 0.1) is 0 Å². The second-order valence-electron chi connectivity index (χ2n) is 6.83. The molecule has 1 atom stereocenters. The highest BCUT2D eigenvalue weighted by Crippen LogP contribution is 2.33. The fraction of sp³-hybridized carbons (Fsp3) is 0.0909. The van der Waals surface area contributed by atoms with Gasteiger partial charge >= 0.3 is 5.82 Å². The standard InChI is InChI=1S/C22H15Cl3N3OS/c23-15-12-16(24)21(17(25)13-15)28-22(14-6-2-1-3-7-14)26-20-10-11-30(29)19-9-5-4-8-18(19)27(20)28/h1-9,12-13H,10-11H2/q+1. The van der Waals surface area contributed by atoms with E-state index in [1.807, 2.05) is 64.0 Å². The van der Waals surface area contributed by atoms with Crippen LogP contribution in [0.15, 0.2) is 71.6 Å². The Bertz CT molecular complexity index is 1280. The third-order valence-electron chi connectivity index (χ3n) is 4.96. The Hall–Kier alpha value is -2.18. The Labute approximate surface area is 191 Å². The summed E-state index contributed by atoms with van der Waals surface area (Å²) in [5.41, 5.74) is 2.28. The quantitative estimate of drug-likeness (QED) is 0.362. The molecular formula is C22H15Cl3N3OS+. The van der Waals surface area contributed by atoms with Crippen molar-refractivity contribution in [3.8, 4) is 22.8 Å². The van der Waals surface area contributed by atoms with Crippen LogP contribution in [0.5, 0.6) is 0 Å². The topological polar surface area (TPSA) is 38.8 Å². The molecule has 1 unspecified atom stereocenters. The molecule has 0 fully saturated rings. The Kier molecular flexibility index (Phi) is 5.15. The van der Waals surface area contributed by atoms with Crippen molar-refractivity contribution in [3.05, 3.63) is 87.6 Å². The van der Waals surface area contributed by atoms with Gasteiger partial charge in [0.15, 0.2) is 5.69 Å². The van der Waals surface area contributed by atoms with Crippen LogP contribution in [-0.4, -0.2) is 19.6 Å².